The van der Waals surface area contributed by atoms with E-state index in [0.717, 1.165) is 18.5 Å². The average molecular weight is 342 g/mol. The lowest BCUT2D eigenvalue weighted by atomic mass is 9.97. The molecule has 0 aromatic heterocycles. The molecule has 1 aliphatic heterocycles. The molecule has 0 radical (unpaired) electrons. The van der Waals surface area contributed by atoms with E-state index in [0.29, 0.717) is 25.3 Å². The number of hydrogen-bond acceptors (Lipinski definition) is 3. The van der Waals surface area contributed by atoms with Crippen LogP contribution in [0.5, 0.6) is 5.75 Å². The second-order valence-corrected chi connectivity index (χ2v) is 6.68. The summed E-state index contributed by atoms with van der Waals surface area (Å²) in [4.78, 5) is 26.2. The van der Waals surface area contributed by atoms with Crippen molar-refractivity contribution in [1.82, 2.24) is 5.32 Å². The average Bonchev–Trinajstić information content (AvgIpc) is 2.63. The number of nitrogens with zero attached hydrogens (tertiary/aromatic N) is 1. The summed E-state index contributed by atoms with van der Waals surface area (Å²) in [5, 5.41) is 2.97. The van der Waals surface area contributed by atoms with Crippen LogP contribution in [0, 0.1) is 0 Å². The Balaban J connectivity index is 1.49. The molecule has 0 saturated heterocycles. The van der Waals surface area contributed by atoms with E-state index >= 15 is 0 Å². The number of hydrogen-bond donors (Lipinski definition) is 1. The standard InChI is InChI=1S/C20H26N2O3/c1-15-20(24)22(17-9-5-6-10-18(17)25-15)14-12-19(23)21-13-11-16-7-3-2-4-8-16/h5-7,9-10,15H,2-4,8,11-14H2,1H3,(H,21,23)/t15-/m0/s1. The summed E-state index contributed by atoms with van der Waals surface area (Å²) in [7, 11) is 0. The van der Waals surface area contributed by atoms with E-state index < -0.39 is 6.10 Å². The zero-order valence-corrected chi connectivity index (χ0v) is 14.8. The van der Waals surface area contributed by atoms with E-state index in [1.54, 1.807) is 11.8 Å². The van der Waals surface area contributed by atoms with Gasteiger partial charge >= 0.3 is 0 Å². The van der Waals surface area contributed by atoms with Gasteiger partial charge in [0.15, 0.2) is 6.10 Å². The van der Waals surface area contributed by atoms with E-state index in [1.165, 1.54) is 24.8 Å². The van der Waals surface area contributed by atoms with Crippen LogP contribution in [-0.2, 0) is 9.59 Å². The maximum absolute atomic E-state index is 12.4. The van der Waals surface area contributed by atoms with Crippen molar-refractivity contribution in [3.63, 3.8) is 0 Å². The molecule has 1 atom stereocenters. The van der Waals surface area contributed by atoms with Gasteiger partial charge in [-0.25, -0.2) is 0 Å². The third-order valence-corrected chi connectivity index (χ3v) is 4.79. The number of amides is 2. The molecule has 2 amide bonds. The minimum atomic E-state index is -0.517. The molecule has 0 bridgehead atoms. The van der Waals surface area contributed by atoms with Crippen molar-refractivity contribution >= 4 is 17.5 Å². The van der Waals surface area contributed by atoms with Crippen molar-refractivity contribution in [3.05, 3.63) is 35.9 Å². The van der Waals surface area contributed by atoms with Crippen LogP contribution in [-0.4, -0.2) is 31.0 Å². The Hall–Kier alpha value is -2.30. The molecule has 5 nitrogen and oxygen atoms in total. The van der Waals surface area contributed by atoms with Gasteiger partial charge in [0.2, 0.25) is 5.91 Å². The molecule has 1 aliphatic carbocycles. The summed E-state index contributed by atoms with van der Waals surface area (Å²) in [6, 6.07) is 7.46. The zero-order valence-electron chi connectivity index (χ0n) is 14.8. The highest BCUT2D eigenvalue weighted by Gasteiger charge is 2.31. The summed E-state index contributed by atoms with van der Waals surface area (Å²) in [5.41, 5.74) is 2.20. The van der Waals surface area contributed by atoms with Gasteiger partial charge < -0.3 is 15.0 Å². The summed E-state index contributed by atoms with van der Waals surface area (Å²) in [6.45, 7) is 2.79. The number of fused-ring (bicyclic) bond motifs is 1. The van der Waals surface area contributed by atoms with Crippen molar-refractivity contribution < 1.29 is 14.3 Å². The molecular weight excluding hydrogens is 316 g/mol. The topological polar surface area (TPSA) is 58.6 Å². The molecule has 0 spiro atoms. The number of allylic oxidation sites excluding steroid dienone is 1. The van der Waals surface area contributed by atoms with Crippen LogP contribution < -0.4 is 15.0 Å². The molecule has 1 aromatic carbocycles. The predicted octanol–water partition coefficient (Wildman–Crippen LogP) is 3.20. The molecular formula is C20H26N2O3. The molecule has 134 valence electrons. The number of carbonyl (C=O) groups is 2. The predicted molar refractivity (Wildman–Crippen MR) is 97.7 cm³/mol. The fourth-order valence-electron chi connectivity index (χ4n) is 3.39. The molecule has 0 fully saturated rings. The maximum Gasteiger partial charge on any atom is 0.267 e. The first kappa shape index (κ1) is 17.5. The van der Waals surface area contributed by atoms with Gasteiger partial charge in [0.25, 0.3) is 5.91 Å². The van der Waals surface area contributed by atoms with Crippen LogP contribution >= 0.6 is 0 Å². The third-order valence-electron chi connectivity index (χ3n) is 4.79. The molecule has 25 heavy (non-hydrogen) atoms. The maximum atomic E-state index is 12.4. The van der Waals surface area contributed by atoms with Gasteiger partial charge in [0.05, 0.1) is 5.69 Å². The van der Waals surface area contributed by atoms with Gasteiger partial charge in [0, 0.05) is 19.5 Å². The van der Waals surface area contributed by atoms with Crippen LogP contribution in [0.15, 0.2) is 35.9 Å². The lowest BCUT2D eigenvalue weighted by Gasteiger charge is -2.32. The minimum Gasteiger partial charge on any atom is -0.479 e. The van der Waals surface area contributed by atoms with E-state index in [-0.39, 0.29) is 11.8 Å². The Morgan fingerprint density at radius 2 is 2.16 bits per heavy atom. The second-order valence-electron chi connectivity index (χ2n) is 6.68. The molecule has 2 aliphatic rings. The van der Waals surface area contributed by atoms with Crippen LogP contribution in [0.3, 0.4) is 0 Å². The molecule has 0 saturated carbocycles. The monoisotopic (exact) mass is 342 g/mol. The van der Waals surface area contributed by atoms with Crippen molar-refractivity contribution in [1.29, 1.82) is 0 Å². The normalized spacial score (nSPS) is 19.7. The van der Waals surface area contributed by atoms with Crippen LogP contribution in [0.2, 0.25) is 0 Å². The molecule has 1 heterocycles. The number of nitrogens with one attached hydrogen (secondary N) is 1. The van der Waals surface area contributed by atoms with Gasteiger partial charge in [0.1, 0.15) is 5.75 Å². The van der Waals surface area contributed by atoms with Crippen LogP contribution in [0.4, 0.5) is 5.69 Å². The fourth-order valence-corrected chi connectivity index (χ4v) is 3.39. The second kappa shape index (κ2) is 8.19. The highest BCUT2D eigenvalue weighted by atomic mass is 16.5. The Bertz CT molecular complexity index is 669. The molecule has 1 N–H and O–H groups in total. The van der Waals surface area contributed by atoms with Crippen LogP contribution in [0.25, 0.3) is 0 Å². The summed E-state index contributed by atoms with van der Waals surface area (Å²) >= 11 is 0. The third kappa shape index (κ3) is 4.41. The first-order valence-corrected chi connectivity index (χ1v) is 9.17. The molecule has 5 heteroatoms. The van der Waals surface area contributed by atoms with Crippen molar-refractivity contribution in [2.24, 2.45) is 0 Å². The molecule has 3 rings (SSSR count). The zero-order chi connectivity index (χ0) is 17.6. The lowest BCUT2D eigenvalue weighted by molar-refractivity contribution is -0.125. The van der Waals surface area contributed by atoms with Crippen molar-refractivity contribution in [2.45, 2.75) is 51.6 Å². The number of ether oxygens (including phenoxy) is 1. The highest BCUT2D eigenvalue weighted by Crippen LogP contribution is 2.33. The smallest absolute Gasteiger partial charge is 0.267 e. The van der Waals surface area contributed by atoms with E-state index in [9.17, 15) is 9.59 Å². The Labute approximate surface area is 149 Å². The summed E-state index contributed by atoms with van der Waals surface area (Å²) in [5.74, 6) is 0.582. The lowest BCUT2D eigenvalue weighted by Crippen LogP contribution is -2.45. The number of rotatable bonds is 6. The molecule has 0 unspecified atom stereocenters. The Kier molecular flexibility index (Phi) is 5.74. The van der Waals surface area contributed by atoms with Gasteiger partial charge in [-0.05, 0) is 51.2 Å². The van der Waals surface area contributed by atoms with Gasteiger partial charge in [-0.1, -0.05) is 23.8 Å². The quantitative estimate of drug-likeness (QED) is 0.808. The largest absolute Gasteiger partial charge is 0.479 e. The fraction of sp³-hybridized carbons (Fsp3) is 0.500. The number of anilines is 1. The highest BCUT2D eigenvalue weighted by molar-refractivity contribution is 6.00. The first-order valence-electron chi connectivity index (χ1n) is 9.17. The van der Waals surface area contributed by atoms with Gasteiger partial charge in [-0.3, -0.25) is 9.59 Å². The SMILES string of the molecule is C[C@@H]1Oc2ccccc2N(CCC(=O)NCCC2=CCCCC2)C1=O. The number of para-hydroxylation sites is 2. The van der Waals surface area contributed by atoms with Gasteiger partial charge in [-0.15, -0.1) is 0 Å². The summed E-state index contributed by atoms with van der Waals surface area (Å²) < 4.78 is 5.62. The van der Waals surface area contributed by atoms with E-state index in [2.05, 4.69) is 11.4 Å². The van der Waals surface area contributed by atoms with Crippen LogP contribution in [0.1, 0.15) is 45.4 Å². The number of carbonyl (C=O) groups excluding carboxylic acids is 2. The first-order chi connectivity index (χ1) is 12.1. The van der Waals surface area contributed by atoms with E-state index in [1.807, 2.05) is 24.3 Å². The van der Waals surface area contributed by atoms with E-state index in [4.69, 9.17) is 4.74 Å². The Morgan fingerprint density at radius 1 is 1.32 bits per heavy atom. The van der Waals surface area contributed by atoms with Gasteiger partial charge in [-0.2, -0.15) is 0 Å². The minimum absolute atomic E-state index is 0.0131. The van der Waals surface area contributed by atoms with Crippen molar-refractivity contribution in [2.75, 3.05) is 18.0 Å². The van der Waals surface area contributed by atoms with Crippen molar-refractivity contribution in [3.8, 4) is 5.75 Å². The molecule has 1 aromatic rings. The Morgan fingerprint density at radius 3 is 2.96 bits per heavy atom. The number of benzene rings is 1. The summed E-state index contributed by atoms with van der Waals surface area (Å²) in [6.07, 6.45) is 7.89.